The van der Waals surface area contributed by atoms with Gasteiger partial charge in [0.2, 0.25) is 0 Å². The molecule has 0 spiro atoms. The van der Waals surface area contributed by atoms with Crippen LogP contribution in [0.25, 0.3) is 0 Å². The number of piperazine rings is 1. The van der Waals surface area contributed by atoms with E-state index in [-0.39, 0.29) is 17.3 Å². The molecule has 7 heteroatoms. The summed E-state index contributed by atoms with van der Waals surface area (Å²) in [4.78, 5) is 11.8. The van der Waals surface area contributed by atoms with Crippen LogP contribution in [0.15, 0.2) is 18.2 Å². The smallest absolute Gasteiger partial charge is 0.270 e. The third-order valence-corrected chi connectivity index (χ3v) is 3.17. The molecule has 0 bridgehead atoms. The van der Waals surface area contributed by atoms with Gasteiger partial charge in [0, 0.05) is 49.1 Å². The summed E-state index contributed by atoms with van der Waals surface area (Å²) in [6.45, 7) is 3.90. The largest absolute Gasteiger partial charge is 0.368 e. The molecule has 2 rings (SSSR count). The van der Waals surface area contributed by atoms with Gasteiger partial charge in [-0.15, -0.1) is 0 Å². The predicted molar refractivity (Wildman–Crippen MR) is 67.7 cm³/mol. The molecule has 19 heavy (non-hydrogen) atoms. The first-order valence-corrected chi connectivity index (χ1v) is 6.04. The Kier molecular flexibility index (Phi) is 3.94. The minimum atomic E-state index is -2.72. The molecule has 0 unspecified atom stereocenters. The number of nitro groups is 1. The summed E-state index contributed by atoms with van der Waals surface area (Å²) >= 11 is 0. The number of hydrogen-bond acceptors (Lipinski definition) is 4. The molecule has 0 saturated carbocycles. The molecule has 1 aliphatic rings. The molecule has 1 N–H and O–H groups in total. The number of rotatable bonds is 3. The van der Waals surface area contributed by atoms with E-state index in [1.165, 1.54) is 12.1 Å². The lowest BCUT2D eigenvalue weighted by molar-refractivity contribution is -0.385. The highest BCUT2D eigenvalue weighted by atomic mass is 19.3. The zero-order valence-corrected chi connectivity index (χ0v) is 10.5. The topological polar surface area (TPSA) is 58.4 Å². The van der Waals surface area contributed by atoms with Gasteiger partial charge in [-0.1, -0.05) is 0 Å². The Balaban J connectivity index is 2.36. The fourth-order valence-electron chi connectivity index (χ4n) is 2.27. The average Bonchev–Trinajstić information content (AvgIpc) is 2.37. The van der Waals surface area contributed by atoms with E-state index < -0.39 is 11.3 Å². The molecule has 1 aromatic rings. The third-order valence-electron chi connectivity index (χ3n) is 3.17. The van der Waals surface area contributed by atoms with Crippen LogP contribution in [0.3, 0.4) is 0 Å². The van der Waals surface area contributed by atoms with Crippen LogP contribution >= 0.6 is 0 Å². The number of benzene rings is 1. The van der Waals surface area contributed by atoms with Crippen molar-refractivity contribution in [1.82, 2.24) is 5.32 Å². The summed E-state index contributed by atoms with van der Waals surface area (Å²) in [5, 5.41) is 13.9. The Labute approximate surface area is 109 Å². The highest BCUT2D eigenvalue weighted by Crippen LogP contribution is 2.33. The standard InChI is InChI=1S/C12H15F2N3O2/c1-8-7-16(5-4-15-8)11-3-2-9(17(18)19)6-10(11)12(13)14/h2-3,6,8,12,15H,4-5,7H2,1H3/t8-/m1/s1. The molecule has 1 saturated heterocycles. The lowest BCUT2D eigenvalue weighted by Crippen LogP contribution is -2.49. The van der Waals surface area contributed by atoms with Crippen LogP contribution < -0.4 is 10.2 Å². The van der Waals surface area contributed by atoms with E-state index in [0.29, 0.717) is 25.3 Å². The van der Waals surface area contributed by atoms with Crippen molar-refractivity contribution in [2.45, 2.75) is 19.4 Å². The number of non-ortho nitro benzene ring substituents is 1. The molecule has 1 fully saturated rings. The second-order valence-corrected chi connectivity index (χ2v) is 4.60. The molecule has 0 aliphatic carbocycles. The van der Waals surface area contributed by atoms with Gasteiger partial charge in [0.15, 0.2) is 0 Å². The van der Waals surface area contributed by atoms with Crippen molar-refractivity contribution >= 4 is 11.4 Å². The molecule has 1 aliphatic heterocycles. The molecule has 1 atom stereocenters. The van der Waals surface area contributed by atoms with Gasteiger partial charge in [-0.2, -0.15) is 0 Å². The molecule has 0 radical (unpaired) electrons. The van der Waals surface area contributed by atoms with E-state index in [4.69, 9.17) is 0 Å². The van der Waals surface area contributed by atoms with E-state index in [1.807, 2.05) is 11.8 Å². The van der Waals surface area contributed by atoms with Gasteiger partial charge in [-0.25, -0.2) is 8.78 Å². The van der Waals surface area contributed by atoms with Gasteiger partial charge in [0.1, 0.15) is 0 Å². The normalized spacial score (nSPS) is 19.8. The first-order valence-electron chi connectivity index (χ1n) is 6.04. The highest BCUT2D eigenvalue weighted by Gasteiger charge is 2.24. The Morgan fingerprint density at radius 2 is 2.26 bits per heavy atom. The van der Waals surface area contributed by atoms with Gasteiger partial charge >= 0.3 is 0 Å². The lowest BCUT2D eigenvalue weighted by Gasteiger charge is -2.34. The summed E-state index contributed by atoms with van der Waals surface area (Å²) < 4.78 is 26.1. The van der Waals surface area contributed by atoms with Crippen molar-refractivity contribution in [3.63, 3.8) is 0 Å². The van der Waals surface area contributed by atoms with Crippen LogP contribution in [0.5, 0.6) is 0 Å². The quantitative estimate of drug-likeness (QED) is 0.677. The maximum Gasteiger partial charge on any atom is 0.270 e. The van der Waals surface area contributed by atoms with E-state index in [0.717, 1.165) is 6.07 Å². The maximum absolute atomic E-state index is 13.1. The number of halogens is 2. The van der Waals surface area contributed by atoms with Crippen LogP contribution in [0.4, 0.5) is 20.2 Å². The van der Waals surface area contributed by atoms with E-state index >= 15 is 0 Å². The molecule has 104 valence electrons. The number of nitrogens with one attached hydrogen (secondary N) is 1. The first kappa shape index (κ1) is 13.7. The van der Waals surface area contributed by atoms with Crippen LogP contribution in [-0.2, 0) is 0 Å². The van der Waals surface area contributed by atoms with E-state index in [9.17, 15) is 18.9 Å². The third kappa shape index (κ3) is 2.98. The lowest BCUT2D eigenvalue weighted by atomic mass is 10.1. The number of nitro benzene ring substituents is 1. The monoisotopic (exact) mass is 271 g/mol. The zero-order valence-electron chi connectivity index (χ0n) is 10.5. The second-order valence-electron chi connectivity index (χ2n) is 4.60. The molecule has 0 amide bonds. The van der Waals surface area contributed by atoms with Crippen molar-refractivity contribution in [1.29, 1.82) is 0 Å². The highest BCUT2D eigenvalue weighted by molar-refractivity contribution is 5.59. The van der Waals surface area contributed by atoms with Gasteiger partial charge in [0.25, 0.3) is 12.1 Å². The molecule has 5 nitrogen and oxygen atoms in total. The average molecular weight is 271 g/mol. The fourth-order valence-corrected chi connectivity index (χ4v) is 2.27. The summed E-state index contributed by atoms with van der Waals surface area (Å²) in [5.41, 5.74) is -0.195. The molecular formula is C12H15F2N3O2. The summed E-state index contributed by atoms with van der Waals surface area (Å²) in [6.07, 6.45) is -2.72. The van der Waals surface area contributed by atoms with Crippen molar-refractivity contribution in [2.75, 3.05) is 24.5 Å². The molecule has 1 heterocycles. The minimum absolute atomic E-state index is 0.203. The Bertz CT molecular complexity index is 482. The Hall–Kier alpha value is -1.76. The van der Waals surface area contributed by atoms with Gasteiger partial charge < -0.3 is 10.2 Å². The molecule has 0 aromatic heterocycles. The minimum Gasteiger partial charge on any atom is -0.368 e. The van der Waals surface area contributed by atoms with E-state index in [1.54, 1.807) is 0 Å². The van der Waals surface area contributed by atoms with Crippen LogP contribution in [0.2, 0.25) is 0 Å². The SMILES string of the molecule is C[C@@H]1CN(c2ccc([N+](=O)[O-])cc2C(F)F)CCN1. The van der Waals surface area contributed by atoms with Crippen molar-refractivity contribution < 1.29 is 13.7 Å². The van der Waals surface area contributed by atoms with Gasteiger partial charge in [-0.3, -0.25) is 10.1 Å². The zero-order chi connectivity index (χ0) is 14.0. The van der Waals surface area contributed by atoms with Crippen molar-refractivity contribution in [3.05, 3.63) is 33.9 Å². The van der Waals surface area contributed by atoms with Crippen molar-refractivity contribution in [3.8, 4) is 0 Å². The Morgan fingerprint density at radius 3 is 2.84 bits per heavy atom. The number of anilines is 1. The summed E-state index contributed by atoms with van der Waals surface area (Å²) in [7, 11) is 0. The van der Waals surface area contributed by atoms with Crippen LogP contribution in [0, 0.1) is 10.1 Å². The van der Waals surface area contributed by atoms with Crippen molar-refractivity contribution in [2.24, 2.45) is 0 Å². The van der Waals surface area contributed by atoms with Gasteiger partial charge in [-0.05, 0) is 13.0 Å². The van der Waals surface area contributed by atoms with E-state index in [2.05, 4.69) is 5.32 Å². The first-order chi connectivity index (χ1) is 8.99. The van der Waals surface area contributed by atoms with Gasteiger partial charge in [0.05, 0.1) is 4.92 Å². The van der Waals surface area contributed by atoms with Crippen LogP contribution in [-0.4, -0.2) is 30.6 Å². The van der Waals surface area contributed by atoms with Crippen LogP contribution in [0.1, 0.15) is 18.9 Å². The maximum atomic E-state index is 13.1. The number of nitrogens with zero attached hydrogens (tertiary/aromatic N) is 2. The second kappa shape index (κ2) is 5.48. The summed E-state index contributed by atoms with van der Waals surface area (Å²) in [5.74, 6) is 0. The molecular weight excluding hydrogens is 256 g/mol. The summed E-state index contributed by atoms with van der Waals surface area (Å²) in [6, 6.07) is 3.85. The predicted octanol–water partition coefficient (Wildman–Crippen LogP) is 2.33. The number of hydrogen-bond donors (Lipinski definition) is 1. The fraction of sp³-hybridized carbons (Fsp3) is 0.500. The Morgan fingerprint density at radius 1 is 1.53 bits per heavy atom. The molecule has 1 aromatic carbocycles. The number of alkyl halides is 2.